The summed E-state index contributed by atoms with van der Waals surface area (Å²) in [6, 6.07) is 19.4. The van der Waals surface area contributed by atoms with Crippen LogP contribution in [-0.4, -0.2) is 19.6 Å². The quantitative estimate of drug-likeness (QED) is 0.587. The smallest absolute Gasteiger partial charge is 0.251 e. The van der Waals surface area contributed by atoms with Crippen LogP contribution in [-0.2, 0) is 6.54 Å². The Morgan fingerprint density at radius 3 is 2.50 bits per heavy atom. The van der Waals surface area contributed by atoms with Gasteiger partial charge in [0, 0.05) is 17.5 Å². The first-order valence-corrected chi connectivity index (χ1v) is 9.63. The molecule has 0 spiro atoms. The van der Waals surface area contributed by atoms with E-state index in [2.05, 4.69) is 19.2 Å². The van der Waals surface area contributed by atoms with Gasteiger partial charge in [-0.25, -0.2) is 0 Å². The SMILES string of the molecule is COc1ccc(CNC(=O)c2cc(OCCC(C)C)c3ccccc3c2)cc1. The second-order valence-electron chi connectivity index (χ2n) is 7.26. The molecular formula is C24H27NO3. The number of fused-ring (bicyclic) bond motifs is 1. The molecule has 146 valence electrons. The van der Waals surface area contributed by atoms with Gasteiger partial charge in [0.05, 0.1) is 13.7 Å². The lowest BCUT2D eigenvalue weighted by Gasteiger charge is -2.13. The fourth-order valence-electron chi connectivity index (χ4n) is 2.96. The summed E-state index contributed by atoms with van der Waals surface area (Å²) in [4.78, 5) is 12.7. The summed E-state index contributed by atoms with van der Waals surface area (Å²) in [5.74, 6) is 2.01. The second-order valence-corrected chi connectivity index (χ2v) is 7.26. The molecule has 4 nitrogen and oxygen atoms in total. The number of nitrogens with one attached hydrogen (secondary N) is 1. The molecule has 0 aliphatic heterocycles. The van der Waals surface area contributed by atoms with Crippen molar-refractivity contribution in [3.63, 3.8) is 0 Å². The van der Waals surface area contributed by atoms with Gasteiger partial charge in [-0.1, -0.05) is 50.2 Å². The molecule has 0 radical (unpaired) electrons. The summed E-state index contributed by atoms with van der Waals surface area (Å²) < 4.78 is 11.2. The molecule has 0 bridgehead atoms. The van der Waals surface area contributed by atoms with Crippen LogP contribution in [0, 0.1) is 5.92 Å². The van der Waals surface area contributed by atoms with Gasteiger partial charge in [-0.3, -0.25) is 4.79 Å². The number of benzene rings is 3. The number of carbonyl (C=O) groups excluding carboxylic acids is 1. The van der Waals surface area contributed by atoms with Crippen LogP contribution in [0.1, 0.15) is 36.2 Å². The maximum Gasteiger partial charge on any atom is 0.251 e. The highest BCUT2D eigenvalue weighted by atomic mass is 16.5. The van der Waals surface area contributed by atoms with Crippen molar-refractivity contribution < 1.29 is 14.3 Å². The van der Waals surface area contributed by atoms with E-state index in [-0.39, 0.29) is 5.91 Å². The minimum atomic E-state index is -0.115. The zero-order valence-corrected chi connectivity index (χ0v) is 16.7. The number of hydrogen-bond acceptors (Lipinski definition) is 3. The zero-order chi connectivity index (χ0) is 19.9. The Morgan fingerprint density at radius 2 is 1.79 bits per heavy atom. The molecule has 0 aliphatic carbocycles. The van der Waals surface area contributed by atoms with Gasteiger partial charge in [0.25, 0.3) is 5.91 Å². The van der Waals surface area contributed by atoms with Crippen LogP contribution < -0.4 is 14.8 Å². The molecule has 3 rings (SSSR count). The maximum atomic E-state index is 12.7. The molecule has 1 N–H and O–H groups in total. The Balaban J connectivity index is 1.75. The number of carbonyl (C=O) groups is 1. The summed E-state index contributed by atoms with van der Waals surface area (Å²) in [6.07, 6.45) is 0.974. The van der Waals surface area contributed by atoms with Gasteiger partial charge in [-0.15, -0.1) is 0 Å². The highest BCUT2D eigenvalue weighted by Crippen LogP contribution is 2.28. The minimum absolute atomic E-state index is 0.115. The van der Waals surface area contributed by atoms with Crippen molar-refractivity contribution in [1.29, 1.82) is 0 Å². The van der Waals surface area contributed by atoms with Crippen LogP contribution in [0.3, 0.4) is 0 Å². The van der Waals surface area contributed by atoms with Crippen molar-refractivity contribution >= 4 is 16.7 Å². The summed E-state index contributed by atoms with van der Waals surface area (Å²) in [5.41, 5.74) is 1.62. The van der Waals surface area contributed by atoms with E-state index >= 15 is 0 Å². The van der Waals surface area contributed by atoms with Gasteiger partial charge in [0.2, 0.25) is 0 Å². The molecule has 3 aromatic rings. The average molecular weight is 377 g/mol. The van der Waals surface area contributed by atoms with Gasteiger partial charge in [-0.2, -0.15) is 0 Å². The molecular weight excluding hydrogens is 350 g/mol. The van der Waals surface area contributed by atoms with Crippen LogP contribution in [0.4, 0.5) is 0 Å². The van der Waals surface area contributed by atoms with Crippen LogP contribution in [0.2, 0.25) is 0 Å². The highest BCUT2D eigenvalue weighted by molar-refractivity contribution is 6.00. The predicted molar refractivity (Wildman–Crippen MR) is 113 cm³/mol. The third-order valence-corrected chi connectivity index (χ3v) is 4.65. The van der Waals surface area contributed by atoms with E-state index in [1.807, 2.05) is 60.7 Å². The Morgan fingerprint density at radius 1 is 1.04 bits per heavy atom. The lowest BCUT2D eigenvalue weighted by atomic mass is 10.0. The van der Waals surface area contributed by atoms with Crippen LogP contribution in [0.25, 0.3) is 10.8 Å². The van der Waals surface area contributed by atoms with E-state index in [0.29, 0.717) is 24.6 Å². The molecule has 0 saturated carbocycles. The van der Waals surface area contributed by atoms with E-state index < -0.39 is 0 Å². The van der Waals surface area contributed by atoms with E-state index in [1.165, 1.54) is 0 Å². The number of amides is 1. The van der Waals surface area contributed by atoms with Gasteiger partial charge in [0.1, 0.15) is 11.5 Å². The molecule has 4 heteroatoms. The highest BCUT2D eigenvalue weighted by Gasteiger charge is 2.11. The van der Waals surface area contributed by atoms with Gasteiger partial charge < -0.3 is 14.8 Å². The first-order chi connectivity index (χ1) is 13.6. The van der Waals surface area contributed by atoms with Crippen molar-refractivity contribution in [2.75, 3.05) is 13.7 Å². The number of hydrogen-bond donors (Lipinski definition) is 1. The third-order valence-electron chi connectivity index (χ3n) is 4.65. The summed E-state index contributed by atoms with van der Waals surface area (Å²) >= 11 is 0. The van der Waals surface area contributed by atoms with E-state index in [1.54, 1.807) is 7.11 Å². The van der Waals surface area contributed by atoms with Crippen molar-refractivity contribution in [1.82, 2.24) is 5.32 Å². The van der Waals surface area contributed by atoms with Crippen molar-refractivity contribution in [3.05, 3.63) is 71.8 Å². The summed E-state index contributed by atoms with van der Waals surface area (Å²) in [6.45, 7) is 5.44. The maximum absolute atomic E-state index is 12.7. The van der Waals surface area contributed by atoms with E-state index in [4.69, 9.17) is 9.47 Å². The number of methoxy groups -OCH3 is 1. The average Bonchev–Trinajstić information content (AvgIpc) is 2.72. The van der Waals surface area contributed by atoms with E-state index in [0.717, 1.165) is 34.3 Å². The first kappa shape index (κ1) is 19.7. The molecule has 28 heavy (non-hydrogen) atoms. The largest absolute Gasteiger partial charge is 0.497 e. The Kier molecular flexibility index (Phi) is 6.53. The Hall–Kier alpha value is -3.01. The van der Waals surface area contributed by atoms with Gasteiger partial charge in [-0.05, 0) is 47.6 Å². The number of rotatable bonds is 8. The molecule has 0 fully saturated rings. The summed E-state index contributed by atoms with van der Waals surface area (Å²) in [5, 5.41) is 5.01. The third kappa shape index (κ3) is 5.03. The second kappa shape index (κ2) is 9.27. The molecule has 0 atom stereocenters. The van der Waals surface area contributed by atoms with Gasteiger partial charge in [0.15, 0.2) is 0 Å². The van der Waals surface area contributed by atoms with Crippen molar-refractivity contribution in [3.8, 4) is 11.5 Å². The minimum Gasteiger partial charge on any atom is -0.497 e. The fourth-order valence-corrected chi connectivity index (χ4v) is 2.96. The molecule has 0 aromatic heterocycles. The topological polar surface area (TPSA) is 47.6 Å². The van der Waals surface area contributed by atoms with Crippen LogP contribution in [0.5, 0.6) is 11.5 Å². The van der Waals surface area contributed by atoms with Crippen molar-refractivity contribution in [2.45, 2.75) is 26.8 Å². The molecule has 0 unspecified atom stereocenters. The standard InChI is InChI=1S/C24H27NO3/c1-17(2)12-13-28-23-15-20(14-19-6-4-5-7-22(19)23)24(26)25-16-18-8-10-21(27-3)11-9-18/h4-11,14-15,17H,12-13,16H2,1-3H3,(H,25,26). The predicted octanol–water partition coefficient (Wildman–Crippen LogP) is 5.20. The Bertz CT molecular complexity index is 932. The van der Waals surface area contributed by atoms with Crippen LogP contribution >= 0.6 is 0 Å². The first-order valence-electron chi connectivity index (χ1n) is 9.63. The zero-order valence-electron chi connectivity index (χ0n) is 16.7. The van der Waals surface area contributed by atoms with Crippen molar-refractivity contribution in [2.24, 2.45) is 5.92 Å². The lowest BCUT2D eigenvalue weighted by molar-refractivity contribution is 0.0950. The van der Waals surface area contributed by atoms with Gasteiger partial charge >= 0.3 is 0 Å². The molecule has 0 saturated heterocycles. The molecule has 0 aliphatic rings. The number of ether oxygens (including phenoxy) is 2. The van der Waals surface area contributed by atoms with Crippen LogP contribution in [0.15, 0.2) is 60.7 Å². The molecule has 0 heterocycles. The van der Waals surface area contributed by atoms with E-state index in [9.17, 15) is 4.79 Å². The lowest BCUT2D eigenvalue weighted by Crippen LogP contribution is -2.22. The monoisotopic (exact) mass is 377 g/mol. The molecule has 3 aromatic carbocycles. The molecule has 1 amide bonds. The Labute approximate surface area is 166 Å². The fraction of sp³-hybridized carbons (Fsp3) is 0.292. The summed E-state index contributed by atoms with van der Waals surface area (Å²) in [7, 11) is 1.64. The normalized spacial score (nSPS) is 10.9.